The molecule has 0 saturated carbocycles. The fourth-order valence-corrected chi connectivity index (χ4v) is 5.62. The predicted octanol–water partition coefficient (Wildman–Crippen LogP) is 6.45. The van der Waals surface area contributed by atoms with Gasteiger partial charge in [-0.3, -0.25) is 9.47 Å². The first-order valence-electron chi connectivity index (χ1n) is 14.2. The van der Waals surface area contributed by atoms with E-state index in [1.165, 1.54) is 6.92 Å². The zero-order chi connectivity index (χ0) is 35.1. The number of alkyl halides is 9. The SMILES string of the molecule is CCOC(=O)N1c2ccc(C(F)(F)F)cc2[C@@H](c2nc(=O)n(CCO)cc2Cc2cc(C(F)(F)F)cc(C(F)(F)F)c2)C[C@@]1(N)CC. The van der Waals surface area contributed by atoms with Crippen molar-refractivity contribution in [3.63, 3.8) is 0 Å². The molecule has 17 heteroatoms. The van der Waals surface area contributed by atoms with E-state index in [1.807, 2.05) is 0 Å². The summed E-state index contributed by atoms with van der Waals surface area (Å²) in [6.07, 6.45) is -16.2. The molecule has 0 spiro atoms. The van der Waals surface area contributed by atoms with Crippen molar-refractivity contribution in [1.82, 2.24) is 9.55 Å². The summed E-state index contributed by atoms with van der Waals surface area (Å²) < 4.78 is 130. The number of aromatic nitrogens is 2. The number of carbonyl (C=O) groups is 1. The van der Waals surface area contributed by atoms with Crippen molar-refractivity contribution in [1.29, 1.82) is 0 Å². The third-order valence-electron chi connectivity index (χ3n) is 7.85. The van der Waals surface area contributed by atoms with Gasteiger partial charge in [0, 0.05) is 18.5 Å². The molecule has 3 aromatic rings. The van der Waals surface area contributed by atoms with Crippen molar-refractivity contribution < 1.29 is 54.2 Å². The summed E-state index contributed by atoms with van der Waals surface area (Å²) in [7, 11) is 0. The molecule has 0 radical (unpaired) electrons. The summed E-state index contributed by atoms with van der Waals surface area (Å²) in [6.45, 7) is 2.01. The van der Waals surface area contributed by atoms with Crippen molar-refractivity contribution in [2.75, 3.05) is 18.1 Å². The fourth-order valence-electron chi connectivity index (χ4n) is 5.62. The molecule has 0 aliphatic carbocycles. The molecule has 1 aliphatic heterocycles. The molecule has 4 rings (SSSR count). The fraction of sp³-hybridized carbons (Fsp3) is 0.433. The van der Waals surface area contributed by atoms with E-state index in [-0.39, 0.29) is 54.6 Å². The van der Waals surface area contributed by atoms with Gasteiger partial charge in [-0.1, -0.05) is 6.92 Å². The molecule has 2 heterocycles. The van der Waals surface area contributed by atoms with Crippen LogP contribution < -0.4 is 16.3 Å². The van der Waals surface area contributed by atoms with Gasteiger partial charge in [-0.25, -0.2) is 9.59 Å². The van der Waals surface area contributed by atoms with E-state index >= 15 is 0 Å². The highest BCUT2D eigenvalue weighted by atomic mass is 19.4. The van der Waals surface area contributed by atoms with Crippen LogP contribution in [0.2, 0.25) is 0 Å². The molecular weight excluding hydrogens is 651 g/mol. The Bertz CT molecular complexity index is 1670. The average Bonchev–Trinajstić information content (AvgIpc) is 2.96. The minimum absolute atomic E-state index is 0.00224. The van der Waals surface area contributed by atoms with Crippen molar-refractivity contribution in [3.05, 3.63) is 92.2 Å². The Morgan fingerprint density at radius 3 is 2.09 bits per heavy atom. The number of anilines is 1. The number of benzene rings is 2. The number of nitrogens with two attached hydrogens (primary N) is 1. The summed E-state index contributed by atoms with van der Waals surface area (Å²) in [6, 6.07) is 3.33. The lowest BCUT2D eigenvalue weighted by Crippen LogP contribution is -2.61. The number of aliphatic hydroxyl groups excluding tert-OH is 1. The van der Waals surface area contributed by atoms with Gasteiger partial charge in [0.2, 0.25) is 0 Å². The van der Waals surface area contributed by atoms with E-state index in [0.29, 0.717) is 18.2 Å². The molecule has 3 N–H and O–H groups in total. The molecule has 256 valence electrons. The van der Waals surface area contributed by atoms with Crippen molar-refractivity contribution in [2.24, 2.45) is 5.73 Å². The monoisotopic (exact) mass is 680 g/mol. The van der Waals surface area contributed by atoms with E-state index in [0.717, 1.165) is 27.8 Å². The van der Waals surface area contributed by atoms with Crippen LogP contribution in [0.4, 0.5) is 50.0 Å². The quantitative estimate of drug-likeness (QED) is 0.278. The number of nitrogens with zero attached hydrogens (tertiary/aromatic N) is 3. The Kier molecular flexibility index (Phi) is 9.75. The van der Waals surface area contributed by atoms with Gasteiger partial charge in [0.1, 0.15) is 5.66 Å². The molecule has 0 unspecified atom stereocenters. The van der Waals surface area contributed by atoms with Gasteiger partial charge in [-0.05, 0) is 72.9 Å². The minimum atomic E-state index is -5.17. The Morgan fingerprint density at radius 2 is 1.57 bits per heavy atom. The molecule has 47 heavy (non-hydrogen) atoms. The molecule has 1 aliphatic rings. The number of halogens is 9. The second-order valence-corrected chi connectivity index (χ2v) is 11.0. The van der Waals surface area contributed by atoms with E-state index in [1.54, 1.807) is 6.92 Å². The van der Waals surface area contributed by atoms with Crippen molar-refractivity contribution in [2.45, 2.75) is 69.8 Å². The maximum Gasteiger partial charge on any atom is 0.416 e. The van der Waals surface area contributed by atoms with Crippen LogP contribution in [0.25, 0.3) is 0 Å². The largest absolute Gasteiger partial charge is 0.449 e. The highest BCUT2D eigenvalue weighted by molar-refractivity contribution is 5.91. The van der Waals surface area contributed by atoms with Gasteiger partial charge in [-0.15, -0.1) is 0 Å². The van der Waals surface area contributed by atoms with Crippen LogP contribution in [-0.4, -0.2) is 39.6 Å². The topological polar surface area (TPSA) is 111 Å². The van der Waals surface area contributed by atoms with Crippen LogP contribution in [0.1, 0.15) is 71.7 Å². The molecular formula is C30H29F9N4O4. The van der Waals surface area contributed by atoms with E-state index in [4.69, 9.17) is 10.5 Å². The standard InChI is InChI=1S/C30H29F9N4O4/c1-3-27(40)14-22(21-13-18(28(31,32)33)5-6-23(21)43(27)26(46)47-4-2)24-17(15-42(7-8-44)25(45)41-24)9-16-10-19(29(34,35)36)12-20(11-16)30(37,38)39/h5-6,10-13,15,22,44H,3-4,7-9,14,40H2,1-2H3/t22-,27+/m0/s1. The maximum atomic E-state index is 13.9. The number of fused-ring (bicyclic) bond motifs is 1. The Balaban J connectivity index is 2.02. The number of ether oxygens (including phenoxy) is 1. The van der Waals surface area contributed by atoms with E-state index in [2.05, 4.69) is 4.98 Å². The second kappa shape index (κ2) is 12.8. The zero-order valence-corrected chi connectivity index (χ0v) is 24.9. The molecule has 2 aromatic carbocycles. The van der Waals surface area contributed by atoms with Crippen LogP contribution in [0.5, 0.6) is 0 Å². The average molecular weight is 681 g/mol. The molecule has 0 saturated heterocycles. The van der Waals surface area contributed by atoms with Gasteiger partial charge in [0.05, 0.1) is 47.8 Å². The van der Waals surface area contributed by atoms with Gasteiger partial charge in [-0.2, -0.15) is 44.5 Å². The zero-order valence-electron chi connectivity index (χ0n) is 24.9. The molecule has 0 bridgehead atoms. The van der Waals surface area contributed by atoms with Crippen LogP contribution in [0.3, 0.4) is 0 Å². The first-order valence-corrected chi connectivity index (χ1v) is 14.2. The maximum absolute atomic E-state index is 13.9. The molecule has 0 fully saturated rings. The predicted molar refractivity (Wildman–Crippen MR) is 149 cm³/mol. The van der Waals surface area contributed by atoms with Crippen LogP contribution in [0.15, 0.2) is 47.4 Å². The summed E-state index contributed by atoms with van der Waals surface area (Å²) in [4.78, 5) is 31.1. The highest BCUT2D eigenvalue weighted by Gasteiger charge is 2.47. The van der Waals surface area contributed by atoms with Crippen LogP contribution in [-0.2, 0) is 36.2 Å². The minimum Gasteiger partial charge on any atom is -0.449 e. The first-order chi connectivity index (χ1) is 21.7. The molecule has 2 atom stereocenters. The van der Waals surface area contributed by atoms with Crippen LogP contribution in [0, 0.1) is 0 Å². The van der Waals surface area contributed by atoms with Crippen LogP contribution >= 0.6 is 0 Å². The lowest BCUT2D eigenvalue weighted by Gasteiger charge is -2.47. The second-order valence-electron chi connectivity index (χ2n) is 11.0. The summed E-state index contributed by atoms with van der Waals surface area (Å²) in [5.41, 5.74) is -1.54. The highest BCUT2D eigenvalue weighted by Crippen LogP contribution is 2.48. The van der Waals surface area contributed by atoms with Gasteiger partial charge < -0.3 is 15.6 Å². The smallest absolute Gasteiger partial charge is 0.416 e. The summed E-state index contributed by atoms with van der Waals surface area (Å²) in [5, 5.41) is 9.45. The summed E-state index contributed by atoms with van der Waals surface area (Å²) >= 11 is 0. The van der Waals surface area contributed by atoms with Gasteiger partial charge >= 0.3 is 30.3 Å². The lowest BCUT2D eigenvalue weighted by molar-refractivity contribution is -0.143. The number of aliphatic hydroxyl groups is 1. The number of amides is 1. The van der Waals surface area contributed by atoms with E-state index < -0.39 is 77.2 Å². The van der Waals surface area contributed by atoms with Crippen molar-refractivity contribution in [3.8, 4) is 0 Å². The van der Waals surface area contributed by atoms with Gasteiger partial charge in [0.15, 0.2) is 0 Å². The number of carbonyl (C=O) groups excluding carboxylic acids is 1. The molecule has 8 nitrogen and oxygen atoms in total. The lowest BCUT2D eigenvalue weighted by atomic mass is 9.77. The van der Waals surface area contributed by atoms with E-state index in [9.17, 15) is 54.2 Å². The molecule has 1 amide bonds. The number of rotatable bonds is 7. The summed E-state index contributed by atoms with van der Waals surface area (Å²) in [5.74, 6) is -1.30. The number of hydrogen-bond donors (Lipinski definition) is 2. The normalized spacial score (nSPS) is 18.7. The third kappa shape index (κ3) is 7.40. The van der Waals surface area contributed by atoms with Gasteiger partial charge in [0.25, 0.3) is 0 Å². The Labute approximate surface area is 261 Å². The third-order valence-corrected chi connectivity index (χ3v) is 7.85. The van der Waals surface area contributed by atoms with Crippen molar-refractivity contribution >= 4 is 11.8 Å². The first kappa shape index (κ1) is 35.7. The Morgan fingerprint density at radius 1 is 0.979 bits per heavy atom. The molecule has 1 aromatic heterocycles. The Hall–Kier alpha value is -4.12. The number of hydrogen-bond acceptors (Lipinski definition) is 6.